The number of amides is 2. The van der Waals surface area contributed by atoms with E-state index in [2.05, 4.69) is 5.32 Å². The zero-order valence-corrected chi connectivity index (χ0v) is 24.8. The van der Waals surface area contributed by atoms with Crippen LogP contribution in [-0.2, 0) is 39.6 Å². The Hall–Kier alpha value is -3.53. The van der Waals surface area contributed by atoms with E-state index in [1.165, 1.54) is 0 Å². The summed E-state index contributed by atoms with van der Waals surface area (Å²) in [7, 11) is -7.33. The SMILES string of the molecule is CS(=O)(=O)O.CS(=O)(=O)O.Nc1cccc(CN2C(=O)NC(Cc3ccccc3)C(O)C(O)C2Cc2ccccc2)c1. The number of carbonyl (C=O) groups excluding carboxylic acids is 1. The lowest BCUT2D eigenvalue weighted by Crippen LogP contribution is -2.50. The van der Waals surface area contributed by atoms with Crippen LogP contribution in [-0.4, -0.2) is 83.9 Å². The van der Waals surface area contributed by atoms with E-state index in [1.807, 2.05) is 78.9 Å². The van der Waals surface area contributed by atoms with Gasteiger partial charge in [-0.3, -0.25) is 9.11 Å². The van der Waals surface area contributed by atoms with E-state index in [1.54, 1.807) is 11.0 Å². The quantitative estimate of drug-likeness (QED) is 0.173. The third-order valence-corrected chi connectivity index (χ3v) is 6.02. The molecule has 42 heavy (non-hydrogen) atoms. The van der Waals surface area contributed by atoms with Crippen molar-refractivity contribution >= 4 is 32.0 Å². The number of anilines is 1. The van der Waals surface area contributed by atoms with Gasteiger partial charge < -0.3 is 26.2 Å². The highest BCUT2D eigenvalue weighted by Gasteiger charge is 2.42. The van der Waals surface area contributed by atoms with Crippen LogP contribution in [0.5, 0.6) is 0 Å². The molecule has 1 aliphatic heterocycles. The zero-order valence-electron chi connectivity index (χ0n) is 23.2. The molecule has 12 nitrogen and oxygen atoms in total. The van der Waals surface area contributed by atoms with E-state index >= 15 is 0 Å². The van der Waals surface area contributed by atoms with Crippen LogP contribution in [0.4, 0.5) is 10.5 Å². The molecular formula is C28H37N3O9S2. The van der Waals surface area contributed by atoms with Gasteiger partial charge in [-0.15, -0.1) is 0 Å². The Morgan fingerprint density at radius 3 is 1.67 bits per heavy atom. The standard InChI is InChI=1S/C26H29N3O3.2CH4O3S/c27-21-13-7-12-20(14-21)17-29-23(16-19-10-5-2-6-11-19)25(31)24(30)22(28-26(29)32)15-18-8-3-1-4-9-18;2*1-5(2,3)4/h1-14,22-25,30-31H,15-17,27H2,(H,28,32);2*1H3,(H,2,3,4). The number of benzene rings is 3. The number of aliphatic hydroxyl groups is 2. The molecule has 3 aromatic rings. The molecule has 1 aliphatic rings. The van der Waals surface area contributed by atoms with Gasteiger partial charge in [-0.2, -0.15) is 16.8 Å². The molecule has 1 saturated heterocycles. The fourth-order valence-electron chi connectivity index (χ4n) is 4.33. The number of aliphatic hydroxyl groups excluding tert-OH is 2. The van der Waals surface area contributed by atoms with E-state index in [0.717, 1.165) is 16.7 Å². The molecule has 0 aliphatic carbocycles. The number of nitrogens with two attached hydrogens (primary N) is 1. The lowest BCUT2D eigenvalue weighted by Gasteiger charge is -2.33. The highest BCUT2D eigenvalue weighted by atomic mass is 32.2. The molecule has 0 radical (unpaired) electrons. The number of hydrogen-bond donors (Lipinski definition) is 6. The molecule has 0 bridgehead atoms. The fraction of sp³-hybridized carbons (Fsp3) is 0.321. The number of hydrogen-bond acceptors (Lipinski definition) is 8. The van der Waals surface area contributed by atoms with Crippen molar-refractivity contribution in [1.29, 1.82) is 0 Å². The Balaban J connectivity index is 0.000000533. The number of nitrogen functional groups attached to an aromatic ring is 1. The van der Waals surface area contributed by atoms with Crippen molar-refractivity contribution in [3.8, 4) is 0 Å². The monoisotopic (exact) mass is 623 g/mol. The molecule has 1 fully saturated rings. The van der Waals surface area contributed by atoms with Crippen molar-refractivity contribution in [3.63, 3.8) is 0 Å². The Morgan fingerprint density at radius 1 is 0.738 bits per heavy atom. The third kappa shape index (κ3) is 13.4. The summed E-state index contributed by atoms with van der Waals surface area (Å²) < 4.78 is 51.7. The van der Waals surface area contributed by atoms with E-state index in [4.69, 9.17) is 14.8 Å². The van der Waals surface area contributed by atoms with Crippen LogP contribution in [0.1, 0.15) is 16.7 Å². The summed E-state index contributed by atoms with van der Waals surface area (Å²) in [6, 6.07) is 25.2. The molecule has 3 aromatic carbocycles. The second-order valence-corrected chi connectivity index (χ2v) is 12.8. The molecule has 7 N–H and O–H groups in total. The zero-order chi connectivity index (χ0) is 31.5. The molecule has 4 atom stereocenters. The summed E-state index contributed by atoms with van der Waals surface area (Å²) in [6.07, 6.45) is 0.0459. The number of carbonyl (C=O) groups is 1. The average Bonchev–Trinajstić information content (AvgIpc) is 2.95. The normalized spacial score (nSPS) is 20.6. The molecule has 230 valence electrons. The average molecular weight is 624 g/mol. The lowest BCUT2D eigenvalue weighted by molar-refractivity contribution is -0.0306. The largest absolute Gasteiger partial charge is 0.399 e. The summed E-state index contributed by atoms with van der Waals surface area (Å²) in [5.41, 5.74) is 9.37. The summed E-state index contributed by atoms with van der Waals surface area (Å²) >= 11 is 0. The van der Waals surface area contributed by atoms with Gasteiger partial charge in [0.2, 0.25) is 0 Å². The van der Waals surface area contributed by atoms with Gasteiger partial charge >= 0.3 is 6.03 Å². The molecule has 1 heterocycles. The smallest absolute Gasteiger partial charge is 0.318 e. The van der Waals surface area contributed by atoms with Gasteiger partial charge in [0.15, 0.2) is 0 Å². The first kappa shape index (κ1) is 34.7. The van der Waals surface area contributed by atoms with Gasteiger partial charge in [0.1, 0.15) is 12.2 Å². The molecule has 4 rings (SSSR count). The van der Waals surface area contributed by atoms with Crippen LogP contribution in [0.15, 0.2) is 84.9 Å². The molecule has 4 unspecified atom stereocenters. The van der Waals surface area contributed by atoms with E-state index in [-0.39, 0.29) is 12.6 Å². The van der Waals surface area contributed by atoms with E-state index in [9.17, 15) is 31.8 Å². The number of nitrogens with zero attached hydrogens (tertiary/aromatic N) is 1. The summed E-state index contributed by atoms with van der Waals surface area (Å²) in [6.45, 7) is 0.274. The first-order valence-corrected chi connectivity index (χ1v) is 16.4. The van der Waals surface area contributed by atoms with Crippen LogP contribution in [0, 0.1) is 0 Å². The highest BCUT2D eigenvalue weighted by molar-refractivity contribution is 7.85. The topological polar surface area (TPSA) is 208 Å². The van der Waals surface area contributed by atoms with Crippen molar-refractivity contribution in [2.75, 3.05) is 18.2 Å². The van der Waals surface area contributed by atoms with Crippen LogP contribution in [0.25, 0.3) is 0 Å². The van der Waals surface area contributed by atoms with Crippen molar-refractivity contribution in [3.05, 3.63) is 102 Å². The van der Waals surface area contributed by atoms with E-state index in [0.29, 0.717) is 31.0 Å². The van der Waals surface area contributed by atoms with Crippen LogP contribution < -0.4 is 11.1 Å². The highest BCUT2D eigenvalue weighted by Crippen LogP contribution is 2.24. The van der Waals surface area contributed by atoms with Gasteiger partial charge in [-0.05, 0) is 41.7 Å². The fourth-order valence-corrected chi connectivity index (χ4v) is 4.33. The summed E-state index contributed by atoms with van der Waals surface area (Å²) in [5.74, 6) is 0. The molecule has 0 saturated carbocycles. The molecule has 2 amide bonds. The minimum Gasteiger partial charge on any atom is -0.399 e. The summed E-state index contributed by atoms with van der Waals surface area (Å²) in [4.78, 5) is 15.0. The van der Waals surface area contributed by atoms with Crippen molar-refractivity contribution in [1.82, 2.24) is 10.2 Å². The van der Waals surface area contributed by atoms with Crippen LogP contribution in [0.3, 0.4) is 0 Å². The molecule has 0 aromatic heterocycles. The Labute approximate surface area is 246 Å². The summed E-state index contributed by atoms with van der Waals surface area (Å²) in [5, 5.41) is 25.3. The first-order chi connectivity index (χ1) is 19.5. The van der Waals surface area contributed by atoms with Gasteiger partial charge in [0, 0.05) is 12.2 Å². The number of nitrogens with one attached hydrogen (secondary N) is 1. The van der Waals surface area contributed by atoms with Crippen LogP contribution >= 0.6 is 0 Å². The maximum atomic E-state index is 13.4. The molecule has 0 spiro atoms. The number of rotatable bonds is 6. The predicted octanol–water partition coefficient (Wildman–Crippen LogP) is 1.75. The first-order valence-electron chi connectivity index (χ1n) is 12.7. The van der Waals surface area contributed by atoms with Crippen molar-refractivity contribution in [2.24, 2.45) is 0 Å². The predicted molar refractivity (Wildman–Crippen MR) is 160 cm³/mol. The molecular weight excluding hydrogens is 586 g/mol. The minimum absolute atomic E-state index is 0.274. The minimum atomic E-state index is -3.67. The van der Waals surface area contributed by atoms with Crippen molar-refractivity contribution < 1.29 is 40.9 Å². The second-order valence-electron chi connectivity index (χ2n) is 9.82. The van der Waals surface area contributed by atoms with Gasteiger partial charge in [-0.1, -0.05) is 72.8 Å². The van der Waals surface area contributed by atoms with Gasteiger partial charge in [0.25, 0.3) is 20.2 Å². The Bertz CT molecular complexity index is 1440. The number of urea groups is 1. The molecule has 14 heteroatoms. The Morgan fingerprint density at radius 2 is 1.19 bits per heavy atom. The maximum Gasteiger partial charge on any atom is 0.318 e. The van der Waals surface area contributed by atoms with Crippen molar-refractivity contribution in [2.45, 2.75) is 43.7 Å². The van der Waals surface area contributed by atoms with Gasteiger partial charge in [0.05, 0.1) is 24.6 Å². The second kappa shape index (κ2) is 15.6. The Kier molecular flexibility index (Phi) is 12.9. The maximum absolute atomic E-state index is 13.4. The third-order valence-electron chi connectivity index (χ3n) is 6.02. The van der Waals surface area contributed by atoms with Crippen LogP contribution in [0.2, 0.25) is 0 Å². The lowest BCUT2D eigenvalue weighted by atomic mass is 9.91. The van der Waals surface area contributed by atoms with Gasteiger partial charge in [-0.25, -0.2) is 4.79 Å². The van der Waals surface area contributed by atoms with E-state index < -0.39 is 44.5 Å².